The molecule has 2 nitrogen and oxygen atoms in total. The highest BCUT2D eigenvalue weighted by Crippen LogP contribution is 2.01. The first-order chi connectivity index (χ1) is 8.28. The first-order valence-electron chi connectivity index (χ1n) is 4.98. The largest absolute Gasteiger partial charge is 0.296 e. The highest BCUT2D eigenvalue weighted by molar-refractivity contribution is 5.71. The fraction of sp³-hybridized carbons (Fsp3) is 0. The Morgan fingerprint density at radius 1 is 1.06 bits per heavy atom. The monoisotopic (exact) mass is 225 g/mol. The molecule has 0 aliphatic rings. The summed E-state index contributed by atoms with van der Waals surface area (Å²) in [6.45, 7) is 0. The van der Waals surface area contributed by atoms with Crippen LogP contribution >= 0.6 is 0 Å². The van der Waals surface area contributed by atoms with Gasteiger partial charge in [-0.3, -0.25) is 4.79 Å². The standard InChI is InChI=1S/C14H8FNO/c15-12-7-4-11(5-8-12)6-9-13-2-1-3-14(10-17)16-13/h1-5,7-8,10H. The molecule has 0 amide bonds. The van der Waals surface area contributed by atoms with Crippen LogP contribution in [-0.2, 0) is 0 Å². The zero-order valence-corrected chi connectivity index (χ0v) is 8.85. The van der Waals surface area contributed by atoms with Crippen LogP contribution in [0.5, 0.6) is 0 Å². The Morgan fingerprint density at radius 3 is 2.53 bits per heavy atom. The van der Waals surface area contributed by atoms with Crippen LogP contribution in [0.1, 0.15) is 21.7 Å². The Hall–Kier alpha value is -2.47. The number of carbonyl (C=O) groups excluding carboxylic acids is 1. The maximum Gasteiger partial charge on any atom is 0.168 e. The summed E-state index contributed by atoms with van der Waals surface area (Å²) in [7, 11) is 0. The van der Waals surface area contributed by atoms with Crippen LogP contribution in [0, 0.1) is 17.7 Å². The van der Waals surface area contributed by atoms with Gasteiger partial charge in [-0.15, -0.1) is 0 Å². The fourth-order valence-corrected chi connectivity index (χ4v) is 1.26. The molecule has 0 saturated heterocycles. The number of hydrogen-bond donors (Lipinski definition) is 0. The zero-order chi connectivity index (χ0) is 12.1. The van der Waals surface area contributed by atoms with E-state index in [0.717, 1.165) is 0 Å². The first kappa shape index (κ1) is 11.0. The van der Waals surface area contributed by atoms with Crippen molar-refractivity contribution >= 4 is 6.29 Å². The van der Waals surface area contributed by atoms with E-state index < -0.39 is 0 Å². The predicted molar refractivity (Wildman–Crippen MR) is 62.0 cm³/mol. The number of hydrogen-bond acceptors (Lipinski definition) is 2. The summed E-state index contributed by atoms with van der Waals surface area (Å²) in [6, 6.07) is 10.9. The van der Waals surface area contributed by atoms with E-state index in [4.69, 9.17) is 0 Å². The Morgan fingerprint density at radius 2 is 1.82 bits per heavy atom. The summed E-state index contributed by atoms with van der Waals surface area (Å²) in [5.74, 6) is 5.36. The molecular weight excluding hydrogens is 217 g/mol. The van der Waals surface area contributed by atoms with Crippen LogP contribution < -0.4 is 0 Å². The number of benzene rings is 1. The van der Waals surface area contributed by atoms with Crippen LogP contribution in [-0.4, -0.2) is 11.3 Å². The maximum atomic E-state index is 12.6. The highest BCUT2D eigenvalue weighted by Gasteiger charge is 1.93. The minimum absolute atomic E-state index is 0.295. The van der Waals surface area contributed by atoms with Crippen molar-refractivity contribution < 1.29 is 9.18 Å². The van der Waals surface area contributed by atoms with Gasteiger partial charge in [0, 0.05) is 5.56 Å². The normalized spacial score (nSPS) is 9.24. The molecule has 0 saturated carbocycles. The van der Waals surface area contributed by atoms with Crippen molar-refractivity contribution in [3.63, 3.8) is 0 Å². The number of nitrogens with zero attached hydrogens (tertiary/aromatic N) is 1. The second-order valence-corrected chi connectivity index (χ2v) is 3.32. The quantitative estimate of drug-likeness (QED) is 0.551. The van der Waals surface area contributed by atoms with E-state index in [2.05, 4.69) is 16.8 Å². The topological polar surface area (TPSA) is 30.0 Å². The summed E-state index contributed by atoms with van der Waals surface area (Å²) in [4.78, 5) is 14.5. The van der Waals surface area contributed by atoms with E-state index in [-0.39, 0.29) is 5.82 Å². The van der Waals surface area contributed by atoms with Crippen molar-refractivity contribution in [3.8, 4) is 11.8 Å². The van der Waals surface area contributed by atoms with Crippen LogP contribution in [0.4, 0.5) is 4.39 Å². The third-order valence-electron chi connectivity index (χ3n) is 2.07. The molecule has 0 fully saturated rings. The van der Waals surface area contributed by atoms with Gasteiger partial charge in [0.05, 0.1) is 0 Å². The van der Waals surface area contributed by atoms with Gasteiger partial charge in [-0.1, -0.05) is 12.0 Å². The first-order valence-corrected chi connectivity index (χ1v) is 4.98. The lowest BCUT2D eigenvalue weighted by molar-refractivity contribution is 0.111. The number of pyridine rings is 1. The van der Waals surface area contributed by atoms with Crippen molar-refractivity contribution in [1.29, 1.82) is 0 Å². The van der Waals surface area contributed by atoms with Crippen molar-refractivity contribution in [3.05, 3.63) is 65.2 Å². The van der Waals surface area contributed by atoms with Gasteiger partial charge in [0.15, 0.2) is 6.29 Å². The van der Waals surface area contributed by atoms with Gasteiger partial charge in [0.2, 0.25) is 0 Å². The molecule has 82 valence electrons. The molecule has 1 aromatic heterocycles. The number of aldehydes is 1. The number of carbonyl (C=O) groups is 1. The SMILES string of the molecule is O=Cc1cccc(C#Cc2ccc(F)cc2)n1. The third kappa shape index (κ3) is 2.99. The van der Waals surface area contributed by atoms with Crippen molar-refractivity contribution in [2.75, 3.05) is 0 Å². The van der Waals surface area contributed by atoms with Crippen LogP contribution in [0.2, 0.25) is 0 Å². The minimum atomic E-state index is -0.295. The van der Waals surface area contributed by atoms with Crippen LogP contribution in [0.25, 0.3) is 0 Å². The molecule has 2 aromatic rings. The maximum absolute atomic E-state index is 12.6. The average Bonchev–Trinajstić information content (AvgIpc) is 2.38. The lowest BCUT2D eigenvalue weighted by Crippen LogP contribution is -1.89. The fourth-order valence-electron chi connectivity index (χ4n) is 1.26. The molecular formula is C14H8FNO. The number of aromatic nitrogens is 1. The molecule has 0 spiro atoms. The Kier molecular flexibility index (Phi) is 3.27. The number of halogens is 1. The second-order valence-electron chi connectivity index (χ2n) is 3.32. The summed E-state index contributed by atoms with van der Waals surface area (Å²) in [6.07, 6.45) is 0.670. The smallest absolute Gasteiger partial charge is 0.168 e. The van der Waals surface area contributed by atoms with E-state index in [9.17, 15) is 9.18 Å². The Labute approximate surface area is 98.1 Å². The summed E-state index contributed by atoms with van der Waals surface area (Å²) >= 11 is 0. The molecule has 17 heavy (non-hydrogen) atoms. The lowest BCUT2D eigenvalue weighted by Gasteiger charge is -1.91. The molecule has 0 bridgehead atoms. The molecule has 2 rings (SSSR count). The molecule has 0 N–H and O–H groups in total. The van der Waals surface area contributed by atoms with Gasteiger partial charge >= 0.3 is 0 Å². The van der Waals surface area contributed by atoms with Gasteiger partial charge in [-0.2, -0.15) is 0 Å². The molecule has 1 aromatic carbocycles. The Balaban J connectivity index is 2.26. The molecule has 0 unspecified atom stereocenters. The summed E-state index contributed by atoms with van der Waals surface area (Å²) in [5, 5.41) is 0. The Bertz CT molecular complexity index is 594. The van der Waals surface area contributed by atoms with Crippen molar-refractivity contribution in [2.24, 2.45) is 0 Å². The number of rotatable bonds is 1. The van der Waals surface area contributed by atoms with Crippen molar-refractivity contribution in [2.45, 2.75) is 0 Å². The van der Waals surface area contributed by atoms with E-state index >= 15 is 0 Å². The van der Waals surface area contributed by atoms with E-state index in [1.807, 2.05) is 0 Å². The van der Waals surface area contributed by atoms with Gasteiger partial charge in [0.25, 0.3) is 0 Å². The molecule has 0 aliphatic carbocycles. The molecule has 3 heteroatoms. The summed E-state index contributed by atoms with van der Waals surface area (Å²) in [5.41, 5.74) is 1.56. The van der Waals surface area contributed by atoms with E-state index in [1.165, 1.54) is 12.1 Å². The molecule has 1 heterocycles. The van der Waals surface area contributed by atoms with E-state index in [1.54, 1.807) is 30.3 Å². The van der Waals surface area contributed by atoms with Gasteiger partial charge in [-0.05, 0) is 42.3 Å². The summed E-state index contributed by atoms with van der Waals surface area (Å²) < 4.78 is 12.6. The van der Waals surface area contributed by atoms with E-state index in [0.29, 0.717) is 23.2 Å². The van der Waals surface area contributed by atoms with Gasteiger partial charge < -0.3 is 0 Å². The lowest BCUT2D eigenvalue weighted by atomic mass is 10.2. The van der Waals surface area contributed by atoms with Gasteiger partial charge in [-0.25, -0.2) is 9.37 Å². The van der Waals surface area contributed by atoms with Crippen LogP contribution in [0.15, 0.2) is 42.5 Å². The average molecular weight is 225 g/mol. The predicted octanol–water partition coefficient (Wildman–Crippen LogP) is 2.43. The third-order valence-corrected chi connectivity index (χ3v) is 2.07. The minimum Gasteiger partial charge on any atom is -0.296 e. The molecule has 0 atom stereocenters. The zero-order valence-electron chi connectivity index (χ0n) is 8.85. The molecule has 0 aliphatic heterocycles. The highest BCUT2D eigenvalue weighted by atomic mass is 19.1. The van der Waals surface area contributed by atoms with Crippen LogP contribution in [0.3, 0.4) is 0 Å². The second kappa shape index (κ2) is 5.04. The van der Waals surface area contributed by atoms with Crippen molar-refractivity contribution in [1.82, 2.24) is 4.98 Å². The molecule has 0 radical (unpaired) electrons. The van der Waals surface area contributed by atoms with Gasteiger partial charge in [0.1, 0.15) is 17.2 Å².